The van der Waals surface area contributed by atoms with Crippen molar-refractivity contribution in [2.75, 3.05) is 32.8 Å². The van der Waals surface area contributed by atoms with Crippen LogP contribution in [0.2, 0.25) is 0 Å². The largest absolute Gasteiger partial charge is 0.492 e. The Bertz CT molecular complexity index is 611. The average molecular weight is 348 g/mol. The Morgan fingerprint density at radius 2 is 2.00 bits per heavy atom. The van der Waals surface area contributed by atoms with Gasteiger partial charge in [0.2, 0.25) is 0 Å². The summed E-state index contributed by atoms with van der Waals surface area (Å²) in [6.07, 6.45) is -0.140. The quantitative estimate of drug-likeness (QED) is 0.867. The molecule has 25 heavy (non-hydrogen) atoms. The van der Waals surface area contributed by atoms with Gasteiger partial charge in [0.25, 0.3) is 5.91 Å². The molecule has 2 aliphatic rings. The van der Waals surface area contributed by atoms with E-state index in [2.05, 4.69) is 0 Å². The lowest BCUT2D eigenvalue weighted by Crippen LogP contribution is -2.50. The van der Waals surface area contributed by atoms with Gasteiger partial charge in [-0.15, -0.1) is 0 Å². The molecule has 2 aliphatic heterocycles. The lowest BCUT2D eigenvalue weighted by molar-refractivity contribution is -0.142. The predicted octanol–water partition coefficient (Wildman–Crippen LogP) is 1.26. The first-order chi connectivity index (χ1) is 12.0. The molecule has 2 heterocycles. The molecule has 1 spiro atoms. The fourth-order valence-corrected chi connectivity index (χ4v) is 3.31. The van der Waals surface area contributed by atoms with E-state index in [1.807, 2.05) is 30.3 Å². The van der Waals surface area contributed by atoms with Gasteiger partial charge in [-0.1, -0.05) is 18.2 Å². The fraction of sp³-hybridized carbons (Fsp3) is 0.556. The number of carbonyl (C=O) groups is 2. The standard InChI is InChI=1S/C18H24N2O5/c1-14(21)16(22)19-9-7-18(8-10-19)13-20(17(23)25-18)11-12-24-15-5-3-2-4-6-15/h2-6,14,21H,7-13H2,1H3/t14-/m0/s1. The van der Waals surface area contributed by atoms with E-state index >= 15 is 0 Å². The van der Waals surface area contributed by atoms with Crippen LogP contribution in [-0.2, 0) is 9.53 Å². The van der Waals surface area contributed by atoms with Crippen molar-refractivity contribution in [3.8, 4) is 5.75 Å². The molecule has 0 bridgehead atoms. The van der Waals surface area contributed by atoms with Crippen LogP contribution in [0.25, 0.3) is 0 Å². The zero-order valence-corrected chi connectivity index (χ0v) is 14.4. The molecule has 7 nitrogen and oxygen atoms in total. The molecule has 0 aliphatic carbocycles. The number of nitrogens with zero attached hydrogens (tertiary/aromatic N) is 2. The van der Waals surface area contributed by atoms with Crippen LogP contribution in [0.1, 0.15) is 19.8 Å². The van der Waals surface area contributed by atoms with E-state index in [0.717, 1.165) is 5.75 Å². The van der Waals surface area contributed by atoms with E-state index in [-0.39, 0.29) is 12.0 Å². The molecule has 7 heteroatoms. The highest BCUT2D eigenvalue weighted by molar-refractivity contribution is 5.80. The van der Waals surface area contributed by atoms with Gasteiger partial charge in [-0.05, 0) is 19.1 Å². The smallest absolute Gasteiger partial charge is 0.410 e. The van der Waals surface area contributed by atoms with Gasteiger partial charge in [-0.2, -0.15) is 0 Å². The summed E-state index contributed by atoms with van der Waals surface area (Å²) < 4.78 is 11.3. The maximum atomic E-state index is 12.1. The van der Waals surface area contributed by atoms with Crippen LogP contribution in [0.4, 0.5) is 4.79 Å². The number of para-hydroxylation sites is 1. The first kappa shape index (κ1) is 17.5. The molecule has 0 unspecified atom stereocenters. The Balaban J connectivity index is 1.48. The predicted molar refractivity (Wildman–Crippen MR) is 90.2 cm³/mol. The number of hydrogen-bond donors (Lipinski definition) is 1. The monoisotopic (exact) mass is 348 g/mol. The first-order valence-corrected chi connectivity index (χ1v) is 8.62. The fourth-order valence-electron chi connectivity index (χ4n) is 3.31. The summed E-state index contributed by atoms with van der Waals surface area (Å²) in [5.74, 6) is 0.502. The minimum Gasteiger partial charge on any atom is -0.492 e. The maximum Gasteiger partial charge on any atom is 0.410 e. The Hall–Kier alpha value is -2.28. The highest BCUT2D eigenvalue weighted by Gasteiger charge is 2.47. The Morgan fingerprint density at radius 1 is 1.32 bits per heavy atom. The summed E-state index contributed by atoms with van der Waals surface area (Å²) in [5, 5.41) is 9.41. The molecule has 1 atom stereocenters. The average Bonchev–Trinajstić information content (AvgIpc) is 2.91. The minimum atomic E-state index is -0.994. The third kappa shape index (κ3) is 4.04. The molecule has 0 saturated carbocycles. The minimum absolute atomic E-state index is 0.271. The van der Waals surface area contributed by atoms with Crippen LogP contribution >= 0.6 is 0 Å². The van der Waals surface area contributed by atoms with Crippen molar-refractivity contribution in [2.45, 2.75) is 31.5 Å². The number of likely N-dealkylation sites (tertiary alicyclic amines) is 1. The summed E-state index contributed by atoms with van der Waals surface area (Å²) >= 11 is 0. The second kappa shape index (κ2) is 7.31. The van der Waals surface area contributed by atoms with E-state index in [1.165, 1.54) is 6.92 Å². The third-order valence-electron chi connectivity index (χ3n) is 4.76. The molecule has 2 amide bonds. The Kier molecular flexibility index (Phi) is 5.13. The second-order valence-electron chi connectivity index (χ2n) is 6.64. The van der Waals surface area contributed by atoms with E-state index in [0.29, 0.717) is 45.6 Å². The lowest BCUT2D eigenvalue weighted by Gasteiger charge is -2.37. The molecule has 2 saturated heterocycles. The number of amides is 2. The van der Waals surface area contributed by atoms with Gasteiger partial charge in [0.15, 0.2) is 0 Å². The van der Waals surface area contributed by atoms with Crippen LogP contribution in [0.15, 0.2) is 30.3 Å². The number of ether oxygens (including phenoxy) is 2. The highest BCUT2D eigenvalue weighted by atomic mass is 16.6. The molecule has 2 fully saturated rings. The van der Waals surface area contributed by atoms with Crippen molar-refractivity contribution >= 4 is 12.0 Å². The molecular weight excluding hydrogens is 324 g/mol. The van der Waals surface area contributed by atoms with Crippen molar-refractivity contribution in [1.82, 2.24) is 9.80 Å². The van der Waals surface area contributed by atoms with Gasteiger partial charge in [0.05, 0.1) is 13.1 Å². The van der Waals surface area contributed by atoms with Crippen LogP contribution in [-0.4, -0.2) is 71.4 Å². The number of aliphatic hydroxyl groups is 1. The third-order valence-corrected chi connectivity index (χ3v) is 4.76. The molecule has 1 aromatic rings. The van der Waals surface area contributed by atoms with Gasteiger partial charge in [-0.25, -0.2) is 4.79 Å². The molecule has 0 aromatic heterocycles. The topological polar surface area (TPSA) is 79.3 Å². The van der Waals surface area contributed by atoms with Crippen LogP contribution in [0, 0.1) is 0 Å². The van der Waals surface area contributed by atoms with E-state index in [4.69, 9.17) is 9.47 Å². The van der Waals surface area contributed by atoms with Crippen molar-refractivity contribution in [3.63, 3.8) is 0 Å². The van der Waals surface area contributed by atoms with E-state index in [9.17, 15) is 14.7 Å². The summed E-state index contributed by atoms with van der Waals surface area (Å²) in [4.78, 5) is 27.3. The number of benzene rings is 1. The van der Waals surface area contributed by atoms with Crippen molar-refractivity contribution in [1.29, 1.82) is 0 Å². The van der Waals surface area contributed by atoms with Gasteiger partial charge in [-0.3, -0.25) is 4.79 Å². The molecule has 1 N–H and O–H groups in total. The molecule has 1 aromatic carbocycles. The lowest BCUT2D eigenvalue weighted by atomic mass is 9.91. The van der Waals surface area contributed by atoms with Gasteiger partial charge < -0.3 is 24.4 Å². The number of piperidine rings is 1. The van der Waals surface area contributed by atoms with Gasteiger partial charge >= 0.3 is 6.09 Å². The second-order valence-corrected chi connectivity index (χ2v) is 6.64. The van der Waals surface area contributed by atoms with Crippen molar-refractivity contribution in [2.24, 2.45) is 0 Å². The summed E-state index contributed by atoms with van der Waals surface area (Å²) in [6, 6.07) is 9.47. The van der Waals surface area contributed by atoms with Gasteiger partial charge in [0.1, 0.15) is 24.1 Å². The zero-order chi connectivity index (χ0) is 17.9. The van der Waals surface area contributed by atoms with Crippen molar-refractivity contribution < 1.29 is 24.2 Å². The molecule has 3 rings (SSSR count). The molecule has 136 valence electrons. The molecule has 0 radical (unpaired) electrons. The number of carbonyl (C=O) groups excluding carboxylic acids is 2. The highest BCUT2D eigenvalue weighted by Crippen LogP contribution is 2.33. The van der Waals surface area contributed by atoms with Crippen LogP contribution in [0.3, 0.4) is 0 Å². The maximum absolute atomic E-state index is 12.1. The summed E-state index contributed by atoms with van der Waals surface area (Å²) in [6.45, 7) is 3.84. The number of hydrogen-bond acceptors (Lipinski definition) is 5. The Morgan fingerprint density at radius 3 is 2.64 bits per heavy atom. The normalized spacial score (nSPS) is 20.5. The Labute approximate surface area is 147 Å². The van der Waals surface area contributed by atoms with Gasteiger partial charge in [0, 0.05) is 25.9 Å². The molecular formula is C18H24N2O5. The van der Waals surface area contributed by atoms with E-state index < -0.39 is 11.7 Å². The van der Waals surface area contributed by atoms with E-state index in [1.54, 1.807) is 9.80 Å². The van der Waals surface area contributed by atoms with Crippen LogP contribution < -0.4 is 4.74 Å². The SMILES string of the molecule is C[C@H](O)C(=O)N1CCC2(CC1)CN(CCOc1ccccc1)C(=O)O2. The van der Waals surface area contributed by atoms with Crippen LogP contribution in [0.5, 0.6) is 5.75 Å². The number of aliphatic hydroxyl groups excluding tert-OH is 1. The zero-order valence-electron chi connectivity index (χ0n) is 14.4. The number of rotatable bonds is 5. The summed E-state index contributed by atoms with van der Waals surface area (Å²) in [7, 11) is 0. The van der Waals surface area contributed by atoms with Crippen molar-refractivity contribution in [3.05, 3.63) is 30.3 Å². The first-order valence-electron chi connectivity index (χ1n) is 8.62. The summed E-state index contributed by atoms with van der Waals surface area (Å²) in [5.41, 5.74) is -0.528.